The molecule has 8 nitrogen and oxygen atoms in total. The van der Waals surface area contributed by atoms with Gasteiger partial charge in [0.25, 0.3) is 0 Å². The van der Waals surface area contributed by atoms with E-state index in [1.807, 2.05) is 4.90 Å². The molecular weight excluding hydrogens is 396 g/mol. The van der Waals surface area contributed by atoms with Crippen LogP contribution in [0.2, 0.25) is 0 Å². The first-order valence-electron chi connectivity index (χ1n) is 11.2. The summed E-state index contributed by atoms with van der Waals surface area (Å²) in [5, 5.41) is 8.97. The van der Waals surface area contributed by atoms with E-state index in [1.165, 1.54) is 0 Å². The van der Waals surface area contributed by atoms with E-state index < -0.39 is 0 Å². The first kappa shape index (κ1) is 23.3. The molecule has 2 heterocycles. The molecule has 8 heteroatoms. The van der Waals surface area contributed by atoms with E-state index in [0.717, 1.165) is 72.0 Å². The van der Waals surface area contributed by atoms with E-state index in [0.29, 0.717) is 36.5 Å². The predicted molar refractivity (Wildman–Crippen MR) is 117 cm³/mol. The molecule has 31 heavy (non-hydrogen) atoms. The molecule has 0 aromatic heterocycles. The molecule has 2 aliphatic rings. The molecule has 0 N–H and O–H groups in total. The van der Waals surface area contributed by atoms with Crippen molar-refractivity contribution in [3.63, 3.8) is 0 Å². The Morgan fingerprint density at radius 3 is 2.58 bits per heavy atom. The fraction of sp³-hybridized carbons (Fsp3) is 0.652. The van der Waals surface area contributed by atoms with Gasteiger partial charge in [-0.3, -0.25) is 14.6 Å². The summed E-state index contributed by atoms with van der Waals surface area (Å²) in [6.07, 6.45) is 2.25. The van der Waals surface area contributed by atoms with Gasteiger partial charge in [0.15, 0.2) is 11.5 Å². The van der Waals surface area contributed by atoms with Crippen LogP contribution in [0, 0.1) is 11.3 Å². The van der Waals surface area contributed by atoms with Crippen LogP contribution < -0.4 is 9.47 Å². The molecule has 1 aromatic carbocycles. The maximum absolute atomic E-state index is 12.5. The topological polar surface area (TPSA) is 78.3 Å². The first-order valence-corrected chi connectivity index (χ1v) is 11.2. The zero-order valence-electron chi connectivity index (χ0n) is 18.6. The Kier molecular flexibility index (Phi) is 9.40. The number of hydrogen-bond donors (Lipinski definition) is 0. The number of rotatable bonds is 9. The van der Waals surface area contributed by atoms with Gasteiger partial charge in [0.2, 0.25) is 5.91 Å². The Morgan fingerprint density at radius 2 is 1.84 bits per heavy atom. The number of hydrogen-bond acceptors (Lipinski definition) is 7. The van der Waals surface area contributed by atoms with E-state index in [1.54, 1.807) is 25.3 Å². The van der Waals surface area contributed by atoms with Gasteiger partial charge in [-0.05, 0) is 25.0 Å². The number of piperazine rings is 1. The van der Waals surface area contributed by atoms with E-state index in [-0.39, 0.29) is 5.91 Å². The lowest BCUT2D eigenvalue weighted by atomic mass is 10.2. The van der Waals surface area contributed by atoms with Crippen LogP contribution >= 0.6 is 0 Å². The van der Waals surface area contributed by atoms with Gasteiger partial charge < -0.3 is 19.1 Å². The van der Waals surface area contributed by atoms with E-state index in [9.17, 15) is 4.79 Å². The summed E-state index contributed by atoms with van der Waals surface area (Å²) in [4.78, 5) is 19.4. The van der Waals surface area contributed by atoms with Crippen molar-refractivity contribution < 1.29 is 19.0 Å². The Labute approximate surface area is 185 Å². The van der Waals surface area contributed by atoms with Crippen LogP contribution in [0.25, 0.3) is 0 Å². The van der Waals surface area contributed by atoms with Gasteiger partial charge in [-0.2, -0.15) is 5.26 Å². The van der Waals surface area contributed by atoms with Gasteiger partial charge >= 0.3 is 0 Å². The largest absolute Gasteiger partial charge is 0.493 e. The van der Waals surface area contributed by atoms with Crippen molar-refractivity contribution in [2.75, 3.05) is 79.3 Å². The quantitative estimate of drug-likeness (QED) is 0.551. The number of nitriles is 1. The Bertz CT molecular complexity index is 736. The number of methoxy groups -OCH3 is 1. The van der Waals surface area contributed by atoms with Crippen molar-refractivity contribution in [1.82, 2.24) is 14.7 Å². The number of amides is 1. The third-order valence-corrected chi connectivity index (χ3v) is 5.86. The number of carbonyl (C=O) groups excluding carboxylic acids is 1. The third-order valence-electron chi connectivity index (χ3n) is 5.86. The summed E-state index contributed by atoms with van der Waals surface area (Å²) in [6, 6.07) is 7.17. The van der Waals surface area contributed by atoms with Gasteiger partial charge in [-0.15, -0.1) is 0 Å². The summed E-state index contributed by atoms with van der Waals surface area (Å²) in [5.74, 6) is 1.33. The highest BCUT2D eigenvalue weighted by atomic mass is 16.5. The molecule has 1 aromatic rings. The SMILES string of the molecule is COc1cc(C#N)ccc1OCCCC(=O)N1CCN(CCN2CCCOCC2)CC1. The second-order valence-electron chi connectivity index (χ2n) is 7.96. The van der Waals surface area contributed by atoms with Crippen molar-refractivity contribution in [2.24, 2.45) is 0 Å². The van der Waals surface area contributed by atoms with Crippen LogP contribution in [0.3, 0.4) is 0 Å². The Morgan fingerprint density at radius 1 is 1.06 bits per heavy atom. The Hall–Kier alpha value is -2.34. The zero-order valence-corrected chi connectivity index (χ0v) is 18.6. The summed E-state index contributed by atoms with van der Waals surface area (Å²) >= 11 is 0. The fourth-order valence-electron chi connectivity index (χ4n) is 3.95. The summed E-state index contributed by atoms with van der Waals surface area (Å²) in [6.45, 7) is 9.91. The highest BCUT2D eigenvalue weighted by molar-refractivity contribution is 5.76. The normalized spacial score (nSPS) is 18.3. The second-order valence-corrected chi connectivity index (χ2v) is 7.96. The molecular formula is C23H34N4O4. The summed E-state index contributed by atoms with van der Waals surface area (Å²) in [5.41, 5.74) is 0.527. The average Bonchev–Trinajstić information content (AvgIpc) is 3.09. The van der Waals surface area contributed by atoms with E-state index >= 15 is 0 Å². The van der Waals surface area contributed by atoms with Gasteiger partial charge in [-0.25, -0.2) is 0 Å². The van der Waals surface area contributed by atoms with E-state index in [4.69, 9.17) is 19.5 Å². The lowest BCUT2D eigenvalue weighted by molar-refractivity contribution is -0.133. The molecule has 0 saturated carbocycles. The van der Waals surface area contributed by atoms with Gasteiger partial charge in [0.1, 0.15) is 0 Å². The second kappa shape index (κ2) is 12.5. The van der Waals surface area contributed by atoms with Crippen molar-refractivity contribution in [2.45, 2.75) is 19.3 Å². The monoisotopic (exact) mass is 430 g/mol. The molecule has 0 aliphatic carbocycles. The third kappa shape index (κ3) is 7.39. The highest BCUT2D eigenvalue weighted by Gasteiger charge is 2.21. The van der Waals surface area contributed by atoms with Crippen LogP contribution in [0.5, 0.6) is 11.5 Å². The highest BCUT2D eigenvalue weighted by Crippen LogP contribution is 2.28. The van der Waals surface area contributed by atoms with Crippen LogP contribution in [-0.4, -0.2) is 99.9 Å². The number of ether oxygens (including phenoxy) is 3. The Balaban J connectivity index is 1.31. The van der Waals surface area contributed by atoms with Gasteiger partial charge in [0.05, 0.1) is 32.0 Å². The molecule has 0 unspecified atom stereocenters. The smallest absolute Gasteiger partial charge is 0.222 e. The number of benzene rings is 1. The lowest BCUT2D eigenvalue weighted by Gasteiger charge is -2.35. The predicted octanol–water partition coefficient (Wildman–Crippen LogP) is 1.59. The van der Waals surface area contributed by atoms with E-state index in [2.05, 4.69) is 15.9 Å². The average molecular weight is 431 g/mol. The maximum Gasteiger partial charge on any atom is 0.222 e. The van der Waals surface area contributed by atoms with Gasteiger partial charge in [-0.1, -0.05) is 0 Å². The minimum absolute atomic E-state index is 0.194. The minimum atomic E-state index is 0.194. The van der Waals surface area contributed by atoms with Crippen LogP contribution in [-0.2, 0) is 9.53 Å². The zero-order chi connectivity index (χ0) is 21.9. The molecule has 0 spiro atoms. The number of nitrogens with zero attached hydrogens (tertiary/aromatic N) is 4. The molecule has 2 saturated heterocycles. The van der Waals surface area contributed by atoms with Crippen LogP contribution in [0.15, 0.2) is 18.2 Å². The molecule has 0 bridgehead atoms. The van der Waals surface area contributed by atoms with Crippen molar-refractivity contribution >= 4 is 5.91 Å². The van der Waals surface area contributed by atoms with Gasteiger partial charge in [0, 0.05) is 71.5 Å². The summed E-state index contributed by atoms with van der Waals surface area (Å²) in [7, 11) is 1.55. The lowest BCUT2D eigenvalue weighted by Crippen LogP contribution is -2.50. The molecule has 1 amide bonds. The molecule has 0 atom stereocenters. The first-order chi connectivity index (χ1) is 15.2. The number of carbonyl (C=O) groups is 1. The molecule has 0 radical (unpaired) electrons. The summed E-state index contributed by atoms with van der Waals surface area (Å²) < 4.78 is 16.5. The molecule has 170 valence electrons. The fourth-order valence-corrected chi connectivity index (χ4v) is 3.95. The van der Waals surface area contributed by atoms with Crippen molar-refractivity contribution in [1.29, 1.82) is 5.26 Å². The maximum atomic E-state index is 12.5. The van der Waals surface area contributed by atoms with Crippen LogP contribution in [0.4, 0.5) is 0 Å². The molecule has 2 fully saturated rings. The standard InChI is InChI=1S/C23H34N4O4/c1-29-22-18-20(19-24)5-6-21(22)31-16-2-4-23(28)27-12-10-26(11-13-27)9-8-25-7-3-15-30-17-14-25/h5-6,18H,2-4,7-17H2,1H3. The van der Waals surface area contributed by atoms with Crippen LogP contribution in [0.1, 0.15) is 24.8 Å². The molecule has 2 aliphatic heterocycles. The van der Waals surface area contributed by atoms with Crippen molar-refractivity contribution in [3.05, 3.63) is 23.8 Å². The minimum Gasteiger partial charge on any atom is -0.493 e. The van der Waals surface area contributed by atoms with Crippen molar-refractivity contribution in [3.8, 4) is 17.6 Å². The molecule has 3 rings (SSSR count).